The van der Waals surface area contributed by atoms with E-state index in [-0.39, 0.29) is 25.0 Å². The molecule has 1 fully saturated rings. The molecule has 3 aromatic carbocycles. The summed E-state index contributed by atoms with van der Waals surface area (Å²) >= 11 is 0. The monoisotopic (exact) mass is 598 g/mol. The number of aryl methyl sites for hydroxylation is 3. The van der Waals surface area contributed by atoms with E-state index in [1.807, 2.05) is 50.2 Å². The molecule has 1 heterocycles. The lowest BCUT2D eigenvalue weighted by Crippen LogP contribution is -2.56. The lowest BCUT2D eigenvalue weighted by atomic mass is 9.97. The first kappa shape index (κ1) is 32.5. The van der Waals surface area contributed by atoms with E-state index in [2.05, 4.69) is 17.0 Å². The van der Waals surface area contributed by atoms with E-state index in [0.29, 0.717) is 31.6 Å². The van der Waals surface area contributed by atoms with Gasteiger partial charge in [0.25, 0.3) is 5.91 Å². The van der Waals surface area contributed by atoms with Crippen LogP contribution in [0.5, 0.6) is 0 Å². The number of rotatable bonds is 7. The summed E-state index contributed by atoms with van der Waals surface area (Å²) in [4.78, 5) is 17.2. The summed E-state index contributed by atoms with van der Waals surface area (Å²) in [6.07, 6.45) is -7.84. The van der Waals surface area contributed by atoms with Gasteiger partial charge >= 0.3 is 12.4 Å². The highest BCUT2D eigenvalue weighted by Gasteiger charge is 2.39. The molecule has 1 amide bonds. The summed E-state index contributed by atoms with van der Waals surface area (Å²) in [5, 5.41) is 0. The molecule has 0 spiro atoms. The van der Waals surface area contributed by atoms with Crippen molar-refractivity contribution in [3.63, 3.8) is 0 Å². The molecule has 4 rings (SSSR count). The lowest BCUT2D eigenvalue weighted by Gasteiger charge is -2.42. The van der Waals surface area contributed by atoms with Crippen LogP contribution in [0.3, 0.4) is 0 Å². The van der Waals surface area contributed by atoms with Crippen molar-refractivity contribution in [1.82, 2.24) is 9.80 Å². The van der Waals surface area contributed by atoms with Crippen LogP contribution < -0.4 is 0 Å². The van der Waals surface area contributed by atoms with Gasteiger partial charge in [0.1, 0.15) is 0 Å². The molecule has 1 aliphatic rings. The molecule has 0 aliphatic carbocycles. The number of piperazine rings is 1. The fourth-order valence-corrected chi connectivity index (χ4v) is 5.16. The molecule has 0 N–H and O–H groups in total. The number of halogens is 7. The van der Waals surface area contributed by atoms with Gasteiger partial charge in [0.2, 0.25) is 0 Å². The van der Waals surface area contributed by atoms with E-state index in [1.54, 1.807) is 0 Å². The Balaban J connectivity index is 0.00000462. The van der Waals surface area contributed by atoms with E-state index in [0.717, 1.165) is 36.1 Å². The van der Waals surface area contributed by atoms with Gasteiger partial charge in [-0.25, -0.2) is 0 Å². The lowest BCUT2D eigenvalue weighted by molar-refractivity contribution is -0.143. The van der Waals surface area contributed by atoms with Gasteiger partial charge in [0, 0.05) is 31.2 Å². The summed E-state index contributed by atoms with van der Waals surface area (Å²) in [7, 11) is 0. The minimum atomic E-state index is -5.02. The summed E-state index contributed by atoms with van der Waals surface area (Å²) in [6, 6.07) is 16.7. The van der Waals surface area contributed by atoms with Gasteiger partial charge in [-0.3, -0.25) is 9.69 Å². The van der Waals surface area contributed by atoms with E-state index in [4.69, 9.17) is 0 Å². The van der Waals surface area contributed by atoms with Crippen LogP contribution in [-0.2, 0) is 25.2 Å². The molecular formula is C31H33ClF6N2O. The van der Waals surface area contributed by atoms with Gasteiger partial charge in [0.15, 0.2) is 0 Å². The molecule has 222 valence electrons. The highest BCUT2D eigenvalue weighted by atomic mass is 35.5. The normalized spacial score (nSPS) is 16.4. The van der Waals surface area contributed by atoms with Gasteiger partial charge in [-0.15, -0.1) is 12.4 Å². The highest BCUT2D eigenvalue weighted by Crippen LogP contribution is 2.37. The Morgan fingerprint density at radius 3 is 2.02 bits per heavy atom. The minimum absolute atomic E-state index is 0. The van der Waals surface area contributed by atoms with Crippen LogP contribution in [0.1, 0.15) is 50.2 Å². The first-order valence-corrected chi connectivity index (χ1v) is 13.2. The van der Waals surface area contributed by atoms with Gasteiger partial charge in [-0.2, -0.15) is 26.3 Å². The standard InChI is InChI=1S/C31H32F6N2O.ClH/c1-21-10-11-24(15-22(21)2)16-28-20-38(12-6-9-23-7-4-3-5-8-23)13-14-39(28)29(40)25-17-26(30(32,33)34)19-27(18-25)31(35,36)37;/h3-5,7-8,10-11,15,17-19,28H,6,9,12-14,16,20H2,1-2H3;1H/t28-;/m1./s1. The van der Waals surface area contributed by atoms with Crippen LogP contribution in [0.2, 0.25) is 0 Å². The van der Waals surface area contributed by atoms with E-state index in [9.17, 15) is 31.1 Å². The van der Waals surface area contributed by atoms with Crippen LogP contribution in [0.25, 0.3) is 0 Å². The summed E-state index contributed by atoms with van der Waals surface area (Å²) in [5.41, 5.74) is 0.756. The molecule has 0 radical (unpaired) electrons. The zero-order valence-electron chi connectivity index (χ0n) is 22.9. The third kappa shape index (κ3) is 8.49. The first-order chi connectivity index (χ1) is 18.8. The minimum Gasteiger partial charge on any atom is -0.333 e. The van der Waals surface area contributed by atoms with Crippen molar-refractivity contribution in [2.75, 3.05) is 26.2 Å². The van der Waals surface area contributed by atoms with E-state index < -0.39 is 41.0 Å². The zero-order chi connectivity index (χ0) is 29.1. The van der Waals surface area contributed by atoms with Crippen molar-refractivity contribution in [3.8, 4) is 0 Å². The van der Waals surface area contributed by atoms with Gasteiger partial charge in [-0.1, -0.05) is 48.5 Å². The smallest absolute Gasteiger partial charge is 0.333 e. The van der Waals surface area contributed by atoms with Crippen molar-refractivity contribution in [3.05, 3.63) is 106 Å². The van der Waals surface area contributed by atoms with Crippen molar-refractivity contribution >= 4 is 18.3 Å². The Bertz CT molecular complexity index is 1290. The second-order valence-corrected chi connectivity index (χ2v) is 10.5. The zero-order valence-corrected chi connectivity index (χ0v) is 23.7. The number of amides is 1. The first-order valence-electron chi connectivity index (χ1n) is 13.2. The molecular weight excluding hydrogens is 566 g/mol. The predicted molar refractivity (Wildman–Crippen MR) is 149 cm³/mol. The van der Waals surface area contributed by atoms with Crippen LogP contribution >= 0.6 is 12.4 Å². The van der Waals surface area contributed by atoms with E-state index in [1.165, 1.54) is 10.5 Å². The number of hydrogen-bond donors (Lipinski definition) is 0. The van der Waals surface area contributed by atoms with Gasteiger partial charge in [0.05, 0.1) is 11.1 Å². The predicted octanol–water partition coefficient (Wildman–Crippen LogP) is 7.76. The topological polar surface area (TPSA) is 23.6 Å². The molecule has 0 saturated carbocycles. The molecule has 10 heteroatoms. The molecule has 0 bridgehead atoms. The second-order valence-electron chi connectivity index (χ2n) is 10.5. The van der Waals surface area contributed by atoms with Crippen molar-refractivity contribution in [2.24, 2.45) is 0 Å². The number of alkyl halides is 6. The average molecular weight is 599 g/mol. The Labute approximate surface area is 242 Å². The third-order valence-corrected chi connectivity index (χ3v) is 7.49. The van der Waals surface area contributed by atoms with Crippen molar-refractivity contribution < 1.29 is 31.1 Å². The number of carbonyl (C=O) groups excluding carboxylic acids is 1. The molecule has 0 unspecified atom stereocenters. The van der Waals surface area contributed by atoms with Crippen LogP contribution in [0.4, 0.5) is 26.3 Å². The van der Waals surface area contributed by atoms with Crippen LogP contribution in [0.15, 0.2) is 66.7 Å². The van der Waals surface area contributed by atoms with Crippen molar-refractivity contribution in [2.45, 2.75) is 51.5 Å². The fourth-order valence-electron chi connectivity index (χ4n) is 5.16. The Morgan fingerprint density at radius 1 is 0.805 bits per heavy atom. The fraction of sp³-hybridized carbons (Fsp3) is 0.387. The Morgan fingerprint density at radius 2 is 1.44 bits per heavy atom. The van der Waals surface area contributed by atoms with E-state index >= 15 is 0 Å². The molecule has 3 aromatic rings. The third-order valence-electron chi connectivity index (χ3n) is 7.49. The largest absolute Gasteiger partial charge is 0.416 e. The van der Waals surface area contributed by atoms with Crippen LogP contribution in [-0.4, -0.2) is 47.9 Å². The summed E-state index contributed by atoms with van der Waals surface area (Å²) in [5.74, 6) is -0.825. The summed E-state index contributed by atoms with van der Waals surface area (Å²) in [6.45, 7) is 5.88. The van der Waals surface area contributed by atoms with Crippen molar-refractivity contribution in [1.29, 1.82) is 0 Å². The number of nitrogens with zero attached hydrogens (tertiary/aromatic N) is 2. The highest BCUT2D eigenvalue weighted by molar-refractivity contribution is 5.95. The number of hydrogen-bond acceptors (Lipinski definition) is 2. The molecule has 0 aromatic heterocycles. The SMILES string of the molecule is Cc1ccc(C[C@@H]2CN(CCCc3ccccc3)CCN2C(=O)c2cc(C(F)(F)F)cc(C(F)(F)F)c2)cc1C.Cl. The number of carbonyl (C=O) groups is 1. The van der Waals surface area contributed by atoms with Gasteiger partial charge < -0.3 is 4.90 Å². The Hall–Kier alpha value is -3.04. The number of benzene rings is 3. The molecule has 1 saturated heterocycles. The Kier molecular flexibility index (Phi) is 10.5. The molecule has 3 nitrogen and oxygen atoms in total. The van der Waals surface area contributed by atoms with Gasteiger partial charge in [-0.05, 0) is 80.1 Å². The maximum absolute atomic E-state index is 13.6. The quantitative estimate of drug-likeness (QED) is 0.260. The molecule has 41 heavy (non-hydrogen) atoms. The second kappa shape index (κ2) is 13.3. The molecule has 1 aliphatic heterocycles. The summed E-state index contributed by atoms with van der Waals surface area (Å²) < 4.78 is 80.8. The average Bonchev–Trinajstić information content (AvgIpc) is 2.90. The maximum atomic E-state index is 13.6. The van der Waals surface area contributed by atoms with Crippen LogP contribution in [0, 0.1) is 13.8 Å². The maximum Gasteiger partial charge on any atom is 0.416 e. The molecule has 1 atom stereocenters.